The summed E-state index contributed by atoms with van der Waals surface area (Å²) in [6, 6.07) is 5.22. The summed E-state index contributed by atoms with van der Waals surface area (Å²) < 4.78 is 0. The lowest BCUT2D eigenvalue weighted by molar-refractivity contribution is 0.403. The highest BCUT2D eigenvalue weighted by Gasteiger charge is 2.37. The van der Waals surface area contributed by atoms with E-state index in [1.165, 1.54) is 366 Å². The Balaban J connectivity index is 1.11. The number of thioether (sulfide) groups is 1. The maximum atomic E-state index is 2.71. The first kappa shape index (κ1) is 69.5. The molecular weight excluding hydrogens is 999 g/mol. The van der Waals surface area contributed by atoms with E-state index in [2.05, 4.69) is 77.9 Å². The van der Waals surface area contributed by atoms with E-state index in [9.17, 15) is 0 Å². The van der Waals surface area contributed by atoms with Crippen molar-refractivity contribution in [1.29, 1.82) is 0 Å². The molecule has 0 spiro atoms. The quantitative estimate of drug-likeness (QED) is 0.0608. The molecule has 0 aliphatic carbocycles. The van der Waals surface area contributed by atoms with Crippen molar-refractivity contribution >= 4 is 39.3 Å². The standard InChI is InChI=1S/C74H131NS3/c1-4-7-10-13-16-19-22-25-28-31-34-37-40-43-46-49-52-55-58-67-61-71(76-65-67)73-69-63-75(60-57-54-51-48-45-42-39-36-33-30-27-24-21-18-15-12-9-6-3)64-70(69)74(78-73)72-62-68(66-77-72)59-56-53-50-47-44-41-38-35-32-29-26-23-20-17-14-11-8-5-2/h61-63,65-66,73H,4-60,64H2,1-3H3. The second kappa shape index (κ2) is 50.5. The molecule has 0 bridgehead atoms. The first-order chi connectivity index (χ1) is 38.7. The fourth-order valence-corrected chi connectivity index (χ4v) is 16.5. The van der Waals surface area contributed by atoms with Crippen LogP contribution in [0.25, 0.3) is 4.91 Å². The molecule has 2 aliphatic heterocycles. The van der Waals surface area contributed by atoms with Crippen molar-refractivity contribution in [3.63, 3.8) is 0 Å². The van der Waals surface area contributed by atoms with Gasteiger partial charge in [0.25, 0.3) is 0 Å². The van der Waals surface area contributed by atoms with Gasteiger partial charge in [-0.25, -0.2) is 0 Å². The minimum atomic E-state index is 0.472. The molecule has 0 N–H and O–H groups in total. The maximum Gasteiger partial charge on any atom is 0.0705 e. The van der Waals surface area contributed by atoms with Crippen LogP contribution in [-0.2, 0) is 12.8 Å². The highest BCUT2D eigenvalue weighted by molar-refractivity contribution is 8.09. The topological polar surface area (TPSA) is 3.24 Å². The fraction of sp³-hybridized carbons (Fsp3) is 0.838. The number of hydrogen-bond donors (Lipinski definition) is 0. The van der Waals surface area contributed by atoms with Crippen molar-refractivity contribution < 1.29 is 0 Å². The second-order valence-corrected chi connectivity index (χ2v) is 28.5. The zero-order valence-corrected chi connectivity index (χ0v) is 55.1. The fourth-order valence-electron chi connectivity index (χ4n) is 12.8. The van der Waals surface area contributed by atoms with Gasteiger partial charge in [0.05, 0.1) is 5.25 Å². The van der Waals surface area contributed by atoms with Crippen LogP contribution in [-0.4, -0.2) is 18.0 Å². The molecule has 0 radical (unpaired) electrons. The van der Waals surface area contributed by atoms with Crippen LogP contribution in [0, 0.1) is 0 Å². The Hall–Kier alpha value is -0.970. The first-order valence-electron chi connectivity index (χ1n) is 35.7. The van der Waals surface area contributed by atoms with E-state index in [1.54, 1.807) is 36.9 Å². The third-order valence-corrected chi connectivity index (χ3v) is 21.8. The Labute approximate surface area is 500 Å². The van der Waals surface area contributed by atoms with Gasteiger partial charge in [-0.1, -0.05) is 348 Å². The number of hydrogen-bond acceptors (Lipinski definition) is 4. The summed E-state index contributed by atoms with van der Waals surface area (Å²) in [5.74, 6) is 0. The van der Waals surface area contributed by atoms with Crippen LogP contribution in [0.2, 0.25) is 0 Å². The molecule has 2 aromatic rings. The molecule has 450 valence electrons. The molecule has 1 nitrogen and oxygen atoms in total. The average molecular weight is 1130 g/mol. The summed E-state index contributed by atoms with van der Waals surface area (Å²) in [5.41, 5.74) is 6.48. The molecule has 0 fully saturated rings. The maximum absolute atomic E-state index is 2.71. The Bertz CT molecular complexity index is 1680. The average Bonchev–Trinajstić information content (AvgIpc) is 4.40. The van der Waals surface area contributed by atoms with E-state index in [0.29, 0.717) is 5.25 Å². The molecule has 1 unspecified atom stereocenters. The molecule has 0 aromatic carbocycles. The molecule has 0 saturated carbocycles. The zero-order valence-electron chi connectivity index (χ0n) is 52.6. The lowest BCUT2D eigenvalue weighted by Gasteiger charge is -2.17. The third-order valence-electron chi connectivity index (χ3n) is 18.1. The number of fused-ring (bicyclic) bond motifs is 1. The number of aryl methyl sites for hydroxylation is 2. The van der Waals surface area contributed by atoms with Gasteiger partial charge in [-0.15, -0.1) is 34.4 Å². The Morgan fingerprint density at radius 2 is 0.641 bits per heavy atom. The summed E-state index contributed by atoms with van der Waals surface area (Å²) in [7, 11) is 0. The second-order valence-electron chi connectivity index (χ2n) is 25.6. The lowest BCUT2D eigenvalue weighted by Crippen LogP contribution is -2.16. The van der Waals surface area contributed by atoms with Crippen LogP contribution in [0.4, 0.5) is 0 Å². The molecular formula is C74H131NS3. The Kier molecular flexibility index (Phi) is 45.0. The Morgan fingerprint density at radius 3 is 0.987 bits per heavy atom. The molecule has 78 heavy (non-hydrogen) atoms. The van der Waals surface area contributed by atoms with Crippen LogP contribution in [0.3, 0.4) is 0 Å². The summed E-state index contributed by atoms with van der Waals surface area (Å²) in [5, 5.41) is 5.51. The molecule has 1 atom stereocenters. The van der Waals surface area contributed by atoms with Crippen LogP contribution in [0.5, 0.6) is 0 Å². The van der Waals surface area contributed by atoms with Crippen molar-refractivity contribution in [3.05, 3.63) is 61.1 Å². The van der Waals surface area contributed by atoms with E-state index in [0.717, 1.165) is 6.54 Å². The van der Waals surface area contributed by atoms with Crippen molar-refractivity contribution in [2.24, 2.45) is 0 Å². The van der Waals surface area contributed by atoms with E-state index < -0.39 is 0 Å². The molecule has 4 heteroatoms. The van der Waals surface area contributed by atoms with Crippen LogP contribution in [0.15, 0.2) is 40.2 Å². The molecule has 4 rings (SSSR count). The SMILES string of the molecule is CCCCCCCCCCCCCCCCCCCCc1csc(C2=C3CN(CCCCCCCCCCCCCCCCCCCC)C=C3C(c3cc(CCCCCCCCCCCCCCCCCCCC)cs3)S2)c1. The number of nitrogens with zero attached hydrogens (tertiary/aromatic N) is 1. The van der Waals surface area contributed by atoms with Crippen molar-refractivity contribution in [2.75, 3.05) is 13.1 Å². The van der Waals surface area contributed by atoms with Crippen molar-refractivity contribution in [3.8, 4) is 0 Å². The minimum Gasteiger partial charge on any atom is -0.373 e. The zero-order chi connectivity index (χ0) is 54.9. The van der Waals surface area contributed by atoms with Gasteiger partial charge >= 0.3 is 0 Å². The monoisotopic (exact) mass is 1130 g/mol. The van der Waals surface area contributed by atoms with Gasteiger partial charge < -0.3 is 4.90 Å². The van der Waals surface area contributed by atoms with E-state index in [4.69, 9.17) is 0 Å². The highest BCUT2D eigenvalue weighted by atomic mass is 32.2. The third kappa shape index (κ3) is 34.6. The van der Waals surface area contributed by atoms with Gasteiger partial charge in [-0.3, -0.25) is 0 Å². The predicted octanol–water partition coefficient (Wildman–Crippen LogP) is 27.4. The smallest absolute Gasteiger partial charge is 0.0705 e. The molecule has 2 aliphatic rings. The van der Waals surface area contributed by atoms with Gasteiger partial charge in [0.15, 0.2) is 0 Å². The minimum absolute atomic E-state index is 0.472. The van der Waals surface area contributed by atoms with E-state index >= 15 is 0 Å². The molecule has 0 amide bonds. The highest BCUT2D eigenvalue weighted by Crippen LogP contribution is 2.59. The predicted molar refractivity (Wildman–Crippen MR) is 359 cm³/mol. The Morgan fingerprint density at radius 1 is 0.346 bits per heavy atom. The largest absolute Gasteiger partial charge is 0.373 e. The van der Waals surface area contributed by atoms with Crippen LogP contribution >= 0.6 is 34.4 Å². The van der Waals surface area contributed by atoms with Crippen molar-refractivity contribution in [1.82, 2.24) is 4.90 Å². The molecule has 0 saturated heterocycles. The van der Waals surface area contributed by atoms with Gasteiger partial charge in [0.2, 0.25) is 0 Å². The number of unbranched alkanes of at least 4 members (excludes halogenated alkanes) is 51. The van der Waals surface area contributed by atoms with Crippen LogP contribution in [0.1, 0.15) is 394 Å². The van der Waals surface area contributed by atoms with E-state index in [-0.39, 0.29) is 0 Å². The lowest BCUT2D eigenvalue weighted by atomic mass is 10.0. The molecule has 4 heterocycles. The number of thiophene rings is 2. The summed E-state index contributed by atoms with van der Waals surface area (Å²) in [6.45, 7) is 9.30. The van der Waals surface area contributed by atoms with Gasteiger partial charge in [-0.2, -0.15) is 0 Å². The van der Waals surface area contributed by atoms with E-state index in [1.807, 2.05) is 11.3 Å². The van der Waals surface area contributed by atoms with Crippen LogP contribution < -0.4 is 0 Å². The summed E-state index contributed by atoms with van der Waals surface area (Å²) >= 11 is 6.29. The summed E-state index contributed by atoms with van der Waals surface area (Å²) in [4.78, 5) is 7.47. The van der Waals surface area contributed by atoms with Gasteiger partial charge in [0.1, 0.15) is 0 Å². The summed E-state index contributed by atoms with van der Waals surface area (Å²) in [6.07, 6.45) is 83.2. The van der Waals surface area contributed by atoms with Crippen molar-refractivity contribution in [2.45, 2.75) is 386 Å². The molecule has 2 aromatic heterocycles. The first-order valence-corrected chi connectivity index (χ1v) is 38.4. The normalized spacial score (nSPS) is 14.5. The van der Waals surface area contributed by atoms with Gasteiger partial charge in [-0.05, 0) is 77.3 Å². The van der Waals surface area contributed by atoms with Gasteiger partial charge in [0, 0.05) is 33.9 Å². The number of rotatable bonds is 59.